The van der Waals surface area contributed by atoms with Crippen LogP contribution in [-0.4, -0.2) is 28.9 Å². The van der Waals surface area contributed by atoms with E-state index in [1.54, 1.807) is 23.5 Å². The van der Waals surface area contributed by atoms with Crippen LogP contribution in [-0.2, 0) is 16.6 Å². The molecule has 0 unspecified atom stereocenters. The van der Waals surface area contributed by atoms with Gasteiger partial charge in [0.05, 0.1) is 17.1 Å². The number of halogens is 2. The molecule has 26 heavy (non-hydrogen) atoms. The molecule has 0 spiro atoms. The Bertz CT molecular complexity index is 771. The zero-order chi connectivity index (χ0) is 18.9. The van der Waals surface area contributed by atoms with Crippen LogP contribution in [0, 0.1) is 5.82 Å². The van der Waals surface area contributed by atoms with E-state index in [9.17, 15) is 9.18 Å². The molecule has 1 amide bonds. The van der Waals surface area contributed by atoms with Gasteiger partial charge in [-0.15, -0.1) is 11.3 Å². The van der Waals surface area contributed by atoms with Gasteiger partial charge in [-0.3, -0.25) is 4.79 Å². The maximum absolute atomic E-state index is 13.9. The molecule has 140 valence electrons. The summed E-state index contributed by atoms with van der Waals surface area (Å²) in [6.07, 6.45) is 1.81. The average Bonchev–Trinajstić information content (AvgIpc) is 3.09. The van der Waals surface area contributed by atoms with E-state index in [0.717, 1.165) is 18.5 Å². The number of hydrogen-bond acceptors (Lipinski definition) is 3. The number of aromatic nitrogens is 1. The van der Waals surface area contributed by atoms with E-state index in [0.29, 0.717) is 24.0 Å². The number of benzene rings is 1. The van der Waals surface area contributed by atoms with Crippen molar-refractivity contribution in [3.8, 4) is 0 Å². The third-order valence-corrected chi connectivity index (χ3v) is 6.24. The van der Waals surface area contributed by atoms with Gasteiger partial charge in [0.2, 0.25) is 5.91 Å². The van der Waals surface area contributed by atoms with E-state index in [4.69, 9.17) is 16.6 Å². The van der Waals surface area contributed by atoms with Gasteiger partial charge in [-0.1, -0.05) is 38.4 Å². The van der Waals surface area contributed by atoms with Crippen LogP contribution in [0.4, 0.5) is 4.39 Å². The second kappa shape index (κ2) is 7.65. The Labute approximate surface area is 163 Å². The Balaban J connectivity index is 1.60. The fraction of sp³-hybridized carbons (Fsp3) is 0.500. The van der Waals surface area contributed by atoms with E-state index in [-0.39, 0.29) is 23.3 Å². The highest BCUT2D eigenvalue weighted by Gasteiger charge is 2.27. The van der Waals surface area contributed by atoms with E-state index in [1.165, 1.54) is 11.1 Å². The van der Waals surface area contributed by atoms with E-state index >= 15 is 0 Å². The molecule has 0 atom stereocenters. The van der Waals surface area contributed by atoms with Gasteiger partial charge in [-0.05, 0) is 25.0 Å². The number of rotatable bonds is 3. The van der Waals surface area contributed by atoms with Crippen LogP contribution in [0.3, 0.4) is 0 Å². The van der Waals surface area contributed by atoms with Crippen molar-refractivity contribution in [2.45, 2.75) is 51.4 Å². The molecule has 1 aliphatic heterocycles. The lowest BCUT2D eigenvalue weighted by Gasteiger charge is -2.31. The lowest BCUT2D eigenvalue weighted by Crippen LogP contribution is -2.39. The molecule has 2 heterocycles. The van der Waals surface area contributed by atoms with Crippen molar-refractivity contribution in [2.75, 3.05) is 13.1 Å². The highest BCUT2D eigenvalue weighted by molar-refractivity contribution is 7.09. The summed E-state index contributed by atoms with van der Waals surface area (Å²) in [5, 5.41) is 3.62. The van der Waals surface area contributed by atoms with Crippen molar-refractivity contribution in [1.82, 2.24) is 9.88 Å². The molecule has 0 saturated carbocycles. The number of hydrogen-bond donors (Lipinski definition) is 0. The number of piperidine rings is 1. The molecule has 3 rings (SSSR count). The first kappa shape index (κ1) is 19.3. The van der Waals surface area contributed by atoms with Gasteiger partial charge in [-0.25, -0.2) is 9.37 Å². The summed E-state index contributed by atoms with van der Waals surface area (Å²) in [4.78, 5) is 19.2. The predicted molar refractivity (Wildman–Crippen MR) is 104 cm³/mol. The monoisotopic (exact) mass is 394 g/mol. The SMILES string of the molecule is CC(C)(C)c1csc(C2CCN(C(=O)Cc3c(F)cccc3Cl)CC2)n1. The number of carbonyl (C=O) groups is 1. The van der Waals surface area contributed by atoms with Gasteiger partial charge in [0.1, 0.15) is 5.82 Å². The van der Waals surface area contributed by atoms with Crippen LogP contribution in [0.25, 0.3) is 0 Å². The molecular weight excluding hydrogens is 371 g/mol. The minimum absolute atomic E-state index is 0.0155. The molecule has 1 saturated heterocycles. The van der Waals surface area contributed by atoms with Gasteiger partial charge >= 0.3 is 0 Å². The number of thiazole rings is 1. The Morgan fingerprint density at radius 1 is 1.35 bits per heavy atom. The van der Waals surface area contributed by atoms with Crippen LogP contribution in [0.5, 0.6) is 0 Å². The summed E-state index contributed by atoms with van der Waals surface area (Å²) in [5.74, 6) is -0.0830. The predicted octanol–water partition coefficient (Wildman–Crippen LogP) is 5.18. The van der Waals surface area contributed by atoms with Crippen LogP contribution < -0.4 is 0 Å². The molecule has 0 aliphatic carbocycles. The third kappa shape index (κ3) is 4.26. The smallest absolute Gasteiger partial charge is 0.227 e. The molecule has 1 aromatic heterocycles. The number of carbonyl (C=O) groups excluding carboxylic acids is 1. The van der Waals surface area contributed by atoms with Crippen LogP contribution >= 0.6 is 22.9 Å². The Kier molecular flexibility index (Phi) is 5.68. The van der Waals surface area contributed by atoms with Crippen LogP contribution in [0.15, 0.2) is 23.6 Å². The van der Waals surface area contributed by atoms with Crippen molar-refractivity contribution in [3.05, 3.63) is 50.7 Å². The van der Waals surface area contributed by atoms with Crippen LogP contribution in [0.2, 0.25) is 5.02 Å². The minimum atomic E-state index is -0.418. The molecule has 2 aromatic rings. The van der Waals surface area contributed by atoms with Gasteiger partial charge in [0.15, 0.2) is 0 Å². The van der Waals surface area contributed by atoms with E-state index in [2.05, 4.69) is 26.2 Å². The van der Waals surface area contributed by atoms with Gasteiger partial charge < -0.3 is 4.90 Å². The summed E-state index contributed by atoms with van der Waals surface area (Å²) in [5.41, 5.74) is 1.48. The maximum Gasteiger partial charge on any atom is 0.227 e. The van der Waals surface area contributed by atoms with Crippen molar-refractivity contribution < 1.29 is 9.18 Å². The summed E-state index contributed by atoms with van der Waals surface area (Å²) in [6.45, 7) is 7.86. The quantitative estimate of drug-likeness (QED) is 0.718. The highest BCUT2D eigenvalue weighted by atomic mass is 35.5. The maximum atomic E-state index is 13.9. The van der Waals surface area contributed by atoms with E-state index in [1.807, 2.05) is 4.90 Å². The third-order valence-electron chi connectivity index (χ3n) is 4.88. The molecule has 1 fully saturated rings. The topological polar surface area (TPSA) is 33.2 Å². The molecule has 0 bridgehead atoms. The fourth-order valence-corrected chi connectivity index (χ4v) is 4.61. The zero-order valence-corrected chi connectivity index (χ0v) is 17.0. The van der Waals surface area contributed by atoms with Gasteiger partial charge in [0, 0.05) is 40.4 Å². The van der Waals surface area contributed by atoms with Gasteiger partial charge in [-0.2, -0.15) is 0 Å². The first-order chi connectivity index (χ1) is 12.3. The lowest BCUT2D eigenvalue weighted by molar-refractivity contribution is -0.131. The molecule has 0 radical (unpaired) electrons. The number of nitrogens with zero attached hydrogens (tertiary/aromatic N) is 2. The number of amides is 1. The fourth-order valence-electron chi connectivity index (χ4n) is 3.16. The molecule has 6 heteroatoms. The van der Waals surface area contributed by atoms with Crippen LogP contribution in [0.1, 0.15) is 55.8 Å². The Morgan fingerprint density at radius 2 is 2.04 bits per heavy atom. The summed E-state index contributed by atoms with van der Waals surface area (Å²) < 4.78 is 13.9. The Morgan fingerprint density at radius 3 is 2.62 bits per heavy atom. The Hall–Kier alpha value is -1.46. The van der Waals surface area contributed by atoms with Gasteiger partial charge in [0.25, 0.3) is 0 Å². The zero-order valence-electron chi connectivity index (χ0n) is 15.4. The summed E-state index contributed by atoms with van der Waals surface area (Å²) >= 11 is 7.75. The summed E-state index contributed by atoms with van der Waals surface area (Å²) in [7, 11) is 0. The number of likely N-dealkylation sites (tertiary alicyclic amines) is 1. The lowest BCUT2D eigenvalue weighted by atomic mass is 9.93. The highest BCUT2D eigenvalue weighted by Crippen LogP contribution is 2.33. The second-order valence-corrected chi connectivity index (χ2v) is 9.15. The molecule has 3 nitrogen and oxygen atoms in total. The largest absolute Gasteiger partial charge is 0.342 e. The van der Waals surface area contributed by atoms with Crippen molar-refractivity contribution in [1.29, 1.82) is 0 Å². The second-order valence-electron chi connectivity index (χ2n) is 7.85. The minimum Gasteiger partial charge on any atom is -0.342 e. The first-order valence-corrected chi connectivity index (χ1v) is 10.2. The molecule has 1 aliphatic rings. The normalized spacial score (nSPS) is 16.1. The van der Waals surface area contributed by atoms with Crippen molar-refractivity contribution >= 4 is 28.8 Å². The first-order valence-electron chi connectivity index (χ1n) is 8.92. The molecule has 1 aromatic carbocycles. The van der Waals surface area contributed by atoms with E-state index < -0.39 is 5.82 Å². The standard InChI is InChI=1S/C20H24ClFN2OS/c1-20(2,3)17-12-26-19(23-17)13-7-9-24(10-8-13)18(25)11-14-15(21)5-4-6-16(14)22/h4-6,12-13H,7-11H2,1-3H3. The van der Waals surface area contributed by atoms with Crippen molar-refractivity contribution in [2.24, 2.45) is 0 Å². The molecular formula is C20H24ClFN2OS. The summed E-state index contributed by atoms with van der Waals surface area (Å²) in [6, 6.07) is 4.52. The molecule has 0 N–H and O–H groups in total. The average molecular weight is 395 g/mol. The van der Waals surface area contributed by atoms with Crippen molar-refractivity contribution in [3.63, 3.8) is 0 Å².